The maximum Gasteiger partial charge on any atom is 0.253 e. The van der Waals surface area contributed by atoms with Gasteiger partial charge in [-0.15, -0.1) is 24.0 Å². The Labute approximate surface area is 197 Å². The smallest absolute Gasteiger partial charge is 0.253 e. The topological polar surface area (TPSA) is 66.0 Å². The minimum absolute atomic E-state index is 0. The minimum atomic E-state index is 0. The van der Waals surface area contributed by atoms with Crippen molar-refractivity contribution in [1.29, 1.82) is 0 Å². The lowest BCUT2D eigenvalue weighted by Gasteiger charge is -2.13. The van der Waals surface area contributed by atoms with Gasteiger partial charge in [-0.25, -0.2) is 0 Å². The Kier molecular flexibility index (Phi) is 11.2. The molecule has 0 saturated carbocycles. The fraction of sp³-hybridized carbons (Fsp3) is 0.391. The fourth-order valence-corrected chi connectivity index (χ4v) is 2.76. The predicted molar refractivity (Wildman–Crippen MR) is 134 cm³/mol. The molecular formula is C23H33IN4O2. The van der Waals surface area contributed by atoms with Gasteiger partial charge in [0.15, 0.2) is 5.96 Å². The summed E-state index contributed by atoms with van der Waals surface area (Å²) in [5.74, 6) is 1.65. The van der Waals surface area contributed by atoms with Gasteiger partial charge in [-0.1, -0.05) is 24.3 Å². The Bertz CT molecular complexity index is 803. The number of ether oxygens (including phenoxy) is 1. The molecule has 0 bridgehead atoms. The summed E-state index contributed by atoms with van der Waals surface area (Å²) in [6.07, 6.45) is 1.07. The zero-order valence-corrected chi connectivity index (χ0v) is 20.8. The van der Waals surface area contributed by atoms with Crippen molar-refractivity contribution < 1.29 is 9.53 Å². The SMILES string of the molecule is CN=C(NCCc1ccc(OC(C)C)cc1)NCc1ccc(C(=O)N(C)C)cc1.I. The van der Waals surface area contributed by atoms with Crippen molar-refractivity contribution in [1.82, 2.24) is 15.5 Å². The van der Waals surface area contributed by atoms with Crippen molar-refractivity contribution in [2.75, 3.05) is 27.7 Å². The molecule has 0 unspecified atom stereocenters. The molecule has 2 rings (SSSR count). The summed E-state index contributed by atoms with van der Waals surface area (Å²) >= 11 is 0. The van der Waals surface area contributed by atoms with Crippen LogP contribution in [0.4, 0.5) is 0 Å². The monoisotopic (exact) mass is 524 g/mol. The maximum absolute atomic E-state index is 11.9. The number of amides is 1. The normalized spacial score (nSPS) is 10.9. The summed E-state index contributed by atoms with van der Waals surface area (Å²) in [7, 11) is 5.26. The van der Waals surface area contributed by atoms with Crippen LogP contribution in [0.25, 0.3) is 0 Å². The molecule has 2 N–H and O–H groups in total. The molecule has 0 aliphatic rings. The molecule has 30 heavy (non-hydrogen) atoms. The van der Waals surface area contributed by atoms with Crippen molar-refractivity contribution in [3.8, 4) is 5.75 Å². The Morgan fingerprint density at radius 3 is 2.13 bits per heavy atom. The van der Waals surface area contributed by atoms with E-state index in [-0.39, 0.29) is 36.0 Å². The molecule has 0 saturated heterocycles. The van der Waals surface area contributed by atoms with Gasteiger partial charge in [-0.3, -0.25) is 9.79 Å². The first-order valence-corrected chi connectivity index (χ1v) is 9.89. The third-order valence-corrected chi connectivity index (χ3v) is 4.29. The van der Waals surface area contributed by atoms with E-state index in [1.54, 1.807) is 26.0 Å². The average Bonchev–Trinajstić information content (AvgIpc) is 2.71. The molecule has 6 nitrogen and oxygen atoms in total. The van der Waals surface area contributed by atoms with E-state index in [9.17, 15) is 4.79 Å². The number of halogens is 1. The Balaban J connectivity index is 0.00000450. The van der Waals surface area contributed by atoms with Crippen LogP contribution in [0, 0.1) is 0 Å². The van der Waals surface area contributed by atoms with Gasteiger partial charge in [0.25, 0.3) is 5.91 Å². The first-order chi connectivity index (χ1) is 13.9. The number of guanidine groups is 1. The minimum Gasteiger partial charge on any atom is -0.491 e. The van der Waals surface area contributed by atoms with Crippen LogP contribution in [-0.2, 0) is 13.0 Å². The molecule has 0 fully saturated rings. The van der Waals surface area contributed by atoms with Crippen LogP contribution < -0.4 is 15.4 Å². The van der Waals surface area contributed by atoms with Gasteiger partial charge in [0, 0.05) is 39.8 Å². The molecule has 0 aliphatic heterocycles. The van der Waals surface area contributed by atoms with E-state index >= 15 is 0 Å². The highest BCUT2D eigenvalue weighted by atomic mass is 127. The van der Waals surface area contributed by atoms with Crippen molar-refractivity contribution in [3.63, 3.8) is 0 Å². The van der Waals surface area contributed by atoms with Crippen molar-refractivity contribution in [2.45, 2.75) is 32.9 Å². The molecule has 2 aromatic rings. The van der Waals surface area contributed by atoms with Crippen LogP contribution in [-0.4, -0.2) is 50.6 Å². The first-order valence-electron chi connectivity index (χ1n) is 9.89. The third-order valence-electron chi connectivity index (χ3n) is 4.29. The van der Waals surface area contributed by atoms with Crippen molar-refractivity contribution in [2.24, 2.45) is 4.99 Å². The van der Waals surface area contributed by atoms with Gasteiger partial charge in [0.05, 0.1) is 6.10 Å². The van der Waals surface area contributed by atoms with Gasteiger partial charge in [0.1, 0.15) is 5.75 Å². The van der Waals surface area contributed by atoms with E-state index in [0.29, 0.717) is 12.1 Å². The molecule has 0 spiro atoms. The van der Waals surface area contributed by atoms with Crippen LogP contribution in [0.15, 0.2) is 53.5 Å². The predicted octanol–water partition coefficient (Wildman–Crippen LogP) is 3.70. The van der Waals surface area contributed by atoms with Crippen LogP contribution in [0.3, 0.4) is 0 Å². The molecular weight excluding hydrogens is 491 g/mol. The van der Waals surface area contributed by atoms with Crippen molar-refractivity contribution >= 4 is 35.8 Å². The number of rotatable bonds is 8. The number of hydrogen-bond donors (Lipinski definition) is 2. The molecule has 0 atom stereocenters. The molecule has 7 heteroatoms. The highest BCUT2D eigenvalue weighted by molar-refractivity contribution is 14.0. The highest BCUT2D eigenvalue weighted by Crippen LogP contribution is 2.14. The molecule has 164 valence electrons. The van der Waals surface area contributed by atoms with E-state index in [4.69, 9.17) is 4.74 Å². The second kappa shape index (κ2) is 13.1. The molecule has 0 aromatic heterocycles. The van der Waals surface area contributed by atoms with E-state index in [1.807, 2.05) is 50.2 Å². The van der Waals surface area contributed by atoms with E-state index in [1.165, 1.54) is 5.56 Å². The van der Waals surface area contributed by atoms with Crippen LogP contribution in [0.1, 0.15) is 35.3 Å². The molecule has 2 aromatic carbocycles. The zero-order chi connectivity index (χ0) is 21.2. The molecule has 1 amide bonds. The molecule has 0 radical (unpaired) electrons. The fourth-order valence-electron chi connectivity index (χ4n) is 2.76. The molecule has 0 heterocycles. The Hall–Kier alpha value is -2.29. The highest BCUT2D eigenvalue weighted by Gasteiger charge is 2.07. The quantitative estimate of drug-likeness (QED) is 0.314. The van der Waals surface area contributed by atoms with Crippen LogP contribution >= 0.6 is 24.0 Å². The lowest BCUT2D eigenvalue weighted by atomic mass is 10.1. The second-order valence-corrected chi connectivity index (χ2v) is 7.31. The van der Waals surface area contributed by atoms with Crippen LogP contribution in [0.2, 0.25) is 0 Å². The summed E-state index contributed by atoms with van der Waals surface area (Å²) in [5, 5.41) is 6.62. The van der Waals surface area contributed by atoms with Gasteiger partial charge < -0.3 is 20.3 Å². The van der Waals surface area contributed by atoms with Gasteiger partial charge >= 0.3 is 0 Å². The van der Waals surface area contributed by atoms with Gasteiger partial charge in [-0.2, -0.15) is 0 Å². The van der Waals surface area contributed by atoms with Gasteiger partial charge in [0.2, 0.25) is 0 Å². The maximum atomic E-state index is 11.9. The Morgan fingerprint density at radius 2 is 1.60 bits per heavy atom. The number of benzene rings is 2. The summed E-state index contributed by atoms with van der Waals surface area (Å²) in [6, 6.07) is 15.8. The van der Waals surface area contributed by atoms with E-state index in [0.717, 1.165) is 30.2 Å². The summed E-state index contributed by atoms with van der Waals surface area (Å²) in [5.41, 5.74) is 3.01. The first kappa shape index (κ1) is 25.7. The summed E-state index contributed by atoms with van der Waals surface area (Å²) in [4.78, 5) is 17.8. The third kappa shape index (κ3) is 8.61. The summed E-state index contributed by atoms with van der Waals surface area (Å²) < 4.78 is 5.67. The van der Waals surface area contributed by atoms with E-state index < -0.39 is 0 Å². The number of carbonyl (C=O) groups is 1. The van der Waals surface area contributed by atoms with Crippen molar-refractivity contribution in [3.05, 3.63) is 65.2 Å². The summed E-state index contributed by atoms with van der Waals surface area (Å²) in [6.45, 7) is 5.46. The largest absolute Gasteiger partial charge is 0.491 e. The number of nitrogens with one attached hydrogen (secondary N) is 2. The van der Waals surface area contributed by atoms with Gasteiger partial charge in [-0.05, 0) is 55.7 Å². The number of hydrogen-bond acceptors (Lipinski definition) is 3. The van der Waals surface area contributed by atoms with Crippen LogP contribution in [0.5, 0.6) is 5.75 Å². The van der Waals surface area contributed by atoms with E-state index in [2.05, 4.69) is 27.8 Å². The average molecular weight is 524 g/mol. The molecule has 0 aliphatic carbocycles. The lowest BCUT2D eigenvalue weighted by molar-refractivity contribution is 0.0827. The standard InChI is InChI=1S/C23H32N4O2.HI/c1-17(2)29-21-12-8-18(9-13-21)14-15-25-23(24-3)26-16-19-6-10-20(11-7-19)22(28)27(4)5;/h6-13,17H,14-16H2,1-5H3,(H2,24,25,26);1H. The Morgan fingerprint density at radius 1 is 1.00 bits per heavy atom. The zero-order valence-electron chi connectivity index (χ0n) is 18.4. The lowest BCUT2D eigenvalue weighted by Crippen LogP contribution is -2.37. The number of carbonyl (C=O) groups excluding carboxylic acids is 1. The number of aliphatic imine (C=N–C) groups is 1. The second-order valence-electron chi connectivity index (χ2n) is 7.31. The number of nitrogens with zero attached hydrogens (tertiary/aromatic N) is 2.